The molecule has 2 amide bonds. The molecule has 0 bridgehead atoms. The van der Waals surface area contributed by atoms with Gasteiger partial charge in [0.25, 0.3) is 11.8 Å². The van der Waals surface area contributed by atoms with E-state index in [1.165, 1.54) is 0 Å². The Kier molecular flexibility index (Phi) is 6.25. The van der Waals surface area contributed by atoms with Crippen molar-refractivity contribution in [3.63, 3.8) is 0 Å². The van der Waals surface area contributed by atoms with Gasteiger partial charge in [0.1, 0.15) is 11.4 Å². The predicted molar refractivity (Wildman–Crippen MR) is 122 cm³/mol. The van der Waals surface area contributed by atoms with E-state index in [4.69, 9.17) is 4.74 Å². The fourth-order valence-electron chi connectivity index (χ4n) is 3.52. The maximum atomic E-state index is 12.8. The van der Waals surface area contributed by atoms with Crippen LogP contribution in [0.25, 0.3) is 5.69 Å². The Hall–Kier alpha value is -3.61. The van der Waals surface area contributed by atoms with E-state index in [0.717, 1.165) is 35.3 Å². The molecule has 166 valence electrons. The predicted octanol–water partition coefficient (Wildman–Crippen LogP) is 4.02. The van der Waals surface area contributed by atoms with E-state index < -0.39 is 11.8 Å². The summed E-state index contributed by atoms with van der Waals surface area (Å²) in [6.45, 7) is 5.92. The van der Waals surface area contributed by atoms with Crippen LogP contribution in [0.2, 0.25) is 0 Å². The summed E-state index contributed by atoms with van der Waals surface area (Å²) in [5.74, 6) is 0.478. The third-order valence-corrected chi connectivity index (χ3v) is 5.42. The molecule has 2 aromatic carbocycles. The van der Waals surface area contributed by atoms with Gasteiger partial charge in [-0.15, -0.1) is 0 Å². The summed E-state index contributed by atoms with van der Waals surface area (Å²) in [5, 5.41) is 4.62. The van der Waals surface area contributed by atoms with E-state index in [-0.39, 0.29) is 12.5 Å². The number of nitrogens with zero attached hydrogens (tertiary/aromatic N) is 2. The summed E-state index contributed by atoms with van der Waals surface area (Å²) in [4.78, 5) is 25.2. The Morgan fingerprint density at radius 1 is 1.09 bits per heavy atom. The molecule has 1 aliphatic carbocycles. The number of hydrogen-bond donors (Lipinski definition) is 2. The van der Waals surface area contributed by atoms with E-state index in [2.05, 4.69) is 29.8 Å². The van der Waals surface area contributed by atoms with Crippen molar-refractivity contribution in [3.05, 3.63) is 77.1 Å². The molecule has 1 fully saturated rings. The second kappa shape index (κ2) is 9.26. The first-order valence-corrected chi connectivity index (χ1v) is 10.9. The van der Waals surface area contributed by atoms with Crippen molar-refractivity contribution in [2.75, 3.05) is 6.61 Å². The maximum absolute atomic E-state index is 12.8. The van der Waals surface area contributed by atoms with Crippen LogP contribution in [-0.4, -0.2) is 28.2 Å². The molecule has 2 N–H and O–H groups in total. The topological polar surface area (TPSA) is 85.2 Å². The number of ether oxygens (including phenoxy) is 1. The summed E-state index contributed by atoms with van der Waals surface area (Å²) in [5.41, 5.74) is 9.08. The lowest BCUT2D eigenvalue weighted by Crippen LogP contribution is -2.44. The van der Waals surface area contributed by atoms with Gasteiger partial charge in [0.05, 0.1) is 11.4 Å². The number of carbonyl (C=O) groups excluding carboxylic acids is 2. The number of para-hydroxylation sites is 1. The summed E-state index contributed by atoms with van der Waals surface area (Å²) in [6.07, 6.45) is 2.16. The molecule has 3 aromatic rings. The zero-order valence-corrected chi connectivity index (χ0v) is 18.6. The van der Waals surface area contributed by atoms with Crippen LogP contribution in [0.4, 0.5) is 0 Å². The molecule has 0 atom stereocenters. The third kappa shape index (κ3) is 4.99. The minimum Gasteiger partial charge on any atom is -0.483 e. The van der Waals surface area contributed by atoms with Crippen LogP contribution in [0.3, 0.4) is 0 Å². The van der Waals surface area contributed by atoms with Gasteiger partial charge in [-0.25, -0.2) is 4.68 Å². The maximum Gasteiger partial charge on any atom is 0.288 e. The molecule has 0 unspecified atom stereocenters. The van der Waals surface area contributed by atoms with Crippen LogP contribution in [-0.2, 0) is 4.79 Å². The van der Waals surface area contributed by atoms with Crippen LogP contribution in [0, 0.1) is 6.92 Å². The average molecular weight is 433 g/mol. The first kappa shape index (κ1) is 21.6. The molecule has 7 nitrogen and oxygen atoms in total. The molecule has 32 heavy (non-hydrogen) atoms. The second-order valence-corrected chi connectivity index (χ2v) is 8.46. The zero-order chi connectivity index (χ0) is 22.7. The molecule has 7 heteroatoms. The third-order valence-electron chi connectivity index (χ3n) is 5.42. The Balaban J connectivity index is 1.40. The standard InChI is InChI=1S/C25H28N4O3/c1-16(2)20-12-9-17(3)13-23(20)32-15-24(30)26-27-25(31)22-14-21(18-10-11-18)28-29(22)19-7-5-4-6-8-19/h4-9,12-14,16,18H,10-11,15H2,1-3H3,(H,26,30)(H,27,31). The Bertz CT molecular complexity index is 1120. The van der Waals surface area contributed by atoms with Crippen molar-refractivity contribution in [1.29, 1.82) is 0 Å². The molecule has 0 saturated heterocycles. The summed E-state index contributed by atoms with van der Waals surface area (Å²) >= 11 is 0. The van der Waals surface area contributed by atoms with Crippen molar-refractivity contribution < 1.29 is 14.3 Å². The minimum absolute atomic E-state index is 0.200. The van der Waals surface area contributed by atoms with Crippen LogP contribution in [0.5, 0.6) is 5.75 Å². The minimum atomic E-state index is -0.442. The van der Waals surface area contributed by atoms with Crippen molar-refractivity contribution in [3.8, 4) is 11.4 Å². The quantitative estimate of drug-likeness (QED) is 0.552. The number of aromatic nitrogens is 2. The van der Waals surface area contributed by atoms with Gasteiger partial charge >= 0.3 is 0 Å². The Labute approximate surface area is 187 Å². The van der Waals surface area contributed by atoms with Gasteiger partial charge in [0.15, 0.2) is 6.61 Å². The number of aryl methyl sites for hydroxylation is 1. The van der Waals surface area contributed by atoms with Gasteiger partial charge in [-0.1, -0.05) is 44.2 Å². The fourth-order valence-corrected chi connectivity index (χ4v) is 3.52. The molecular formula is C25H28N4O3. The van der Waals surface area contributed by atoms with Crippen molar-refractivity contribution in [2.45, 2.75) is 45.4 Å². The Morgan fingerprint density at radius 3 is 2.53 bits per heavy atom. The van der Waals surface area contributed by atoms with Gasteiger partial charge in [0, 0.05) is 5.92 Å². The van der Waals surface area contributed by atoms with Gasteiger partial charge in [-0.05, 0) is 61.1 Å². The van der Waals surface area contributed by atoms with Gasteiger partial charge < -0.3 is 4.74 Å². The van der Waals surface area contributed by atoms with Gasteiger partial charge in [-0.3, -0.25) is 20.4 Å². The monoisotopic (exact) mass is 432 g/mol. The van der Waals surface area contributed by atoms with Crippen molar-refractivity contribution in [1.82, 2.24) is 20.6 Å². The molecule has 0 spiro atoms. The zero-order valence-electron chi connectivity index (χ0n) is 18.6. The van der Waals surface area contributed by atoms with Crippen LogP contribution < -0.4 is 15.6 Å². The lowest BCUT2D eigenvalue weighted by molar-refractivity contribution is -0.123. The van der Waals surface area contributed by atoms with Crippen molar-refractivity contribution >= 4 is 11.8 Å². The van der Waals surface area contributed by atoms with Crippen LogP contribution >= 0.6 is 0 Å². The SMILES string of the molecule is Cc1ccc(C(C)C)c(OCC(=O)NNC(=O)c2cc(C3CC3)nn2-c2ccccc2)c1. The summed E-state index contributed by atoms with van der Waals surface area (Å²) < 4.78 is 7.35. The molecule has 0 radical (unpaired) electrons. The first-order valence-electron chi connectivity index (χ1n) is 10.9. The lowest BCUT2D eigenvalue weighted by atomic mass is 10.0. The number of rotatable bonds is 7. The number of nitrogens with one attached hydrogen (secondary N) is 2. The normalized spacial score (nSPS) is 13.1. The molecule has 1 aliphatic rings. The highest BCUT2D eigenvalue weighted by atomic mass is 16.5. The first-order chi connectivity index (χ1) is 15.4. The average Bonchev–Trinajstić information content (AvgIpc) is 3.54. The number of carbonyl (C=O) groups is 2. The number of hydrazine groups is 1. The second-order valence-electron chi connectivity index (χ2n) is 8.46. The van der Waals surface area contributed by atoms with E-state index in [1.807, 2.05) is 55.5 Å². The molecule has 1 saturated carbocycles. The molecule has 4 rings (SSSR count). The molecule has 0 aliphatic heterocycles. The summed E-state index contributed by atoms with van der Waals surface area (Å²) in [7, 11) is 0. The molecule has 1 aromatic heterocycles. The Morgan fingerprint density at radius 2 is 1.84 bits per heavy atom. The highest BCUT2D eigenvalue weighted by Crippen LogP contribution is 2.39. The molecule has 1 heterocycles. The highest BCUT2D eigenvalue weighted by Gasteiger charge is 2.29. The number of hydrogen-bond acceptors (Lipinski definition) is 4. The van der Waals surface area contributed by atoms with E-state index in [1.54, 1.807) is 10.7 Å². The lowest BCUT2D eigenvalue weighted by Gasteiger charge is -2.15. The molecular weight excluding hydrogens is 404 g/mol. The number of benzene rings is 2. The fraction of sp³-hybridized carbons (Fsp3) is 0.320. The number of amides is 2. The van der Waals surface area contributed by atoms with Crippen molar-refractivity contribution in [2.24, 2.45) is 0 Å². The van der Waals surface area contributed by atoms with E-state index >= 15 is 0 Å². The van der Waals surface area contributed by atoms with Gasteiger partial charge in [0.2, 0.25) is 0 Å². The van der Waals surface area contributed by atoms with Crippen LogP contribution in [0.1, 0.15) is 65.8 Å². The van der Waals surface area contributed by atoms with E-state index in [9.17, 15) is 9.59 Å². The highest BCUT2D eigenvalue weighted by molar-refractivity contribution is 5.94. The van der Waals surface area contributed by atoms with E-state index in [0.29, 0.717) is 17.4 Å². The van der Waals surface area contributed by atoms with Gasteiger partial charge in [-0.2, -0.15) is 5.10 Å². The largest absolute Gasteiger partial charge is 0.483 e. The smallest absolute Gasteiger partial charge is 0.288 e. The van der Waals surface area contributed by atoms with Crippen LogP contribution in [0.15, 0.2) is 54.6 Å². The summed E-state index contributed by atoms with van der Waals surface area (Å²) in [6, 6.07) is 17.2.